The van der Waals surface area contributed by atoms with Gasteiger partial charge in [0.25, 0.3) is 5.91 Å². The molecule has 0 bridgehead atoms. The standard InChI is InChI=1S/C21H17N3O4/c1-23-17-6-4-3-5-16(17)22-21(25)15-9-7-13(11-19(15)23)14-8-10-18(24(26)27)20(12-14)28-2/h3-12H,1-2H3,(H,22,25). The molecule has 4 rings (SSSR count). The summed E-state index contributed by atoms with van der Waals surface area (Å²) in [4.78, 5) is 25.3. The highest BCUT2D eigenvalue weighted by molar-refractivity contribution is 6.12. The first-order chi connectivity index (χ1) is 13.5. The number of carbonyl (C=O) groups is 1. The van der Waals surface area contributed by atoms with Crippen LogP contribution >= 0.6 is 0 Å². The molecule has 140 valence electrons. The molecule has 0 unspecified atom stereocenters. The fraction of sp³-hybridized carbons (Fsp3) is 0.0952. The number of rotatable bonds is 3. The van der Waals surface area contributed by atoms with E-state index in [-0.39, 0.29) is 17.3 Å². The average molecular weight is 375 g/mol. The van der Waals surface area contributed by atoms with E-state index in [9.17, 15) is 14.9 Å². The third-order valence-electron chi connectivity index (χ3n) is 4.83. The van der Waals surface area contributed by atoms with E-state index in [2.05, 4.69) is 5.32 Å². The van der Waals surface area contributed by atoms with Crippen molar-refractivity contribution in [2.45, 2.75) is 0 Å². The lowest BCUT2D eigenvalue weighted by molar-refractivity contribution is -0.385. The Hall–Kier alpha value is -3.87. The Morgan fingerprint density at radius 1 is 1.00 bits per heavy atom. The monoisotopic (exact) mass is 375 g/mol. The van der Waals surface area contributed by atoms with Crippen molar-refractivity contribution in [1.82, 2.24) is 0 Å². The molecule has 0 spiro atoms. The molecule has 0 saturated heterocycles. The van der Waals surface area contributed by atoms with Crippen LogP contribution in [-0.4, -0.2) is 25.0 Å². The largest absolute Gasteiger partial charge is 0.490 e. The molecule has 0 radical (unpaired) electrons. The lowest BCUT2D eigenvalue weighted by Gasteiger charge is -2.21. The molecule has 1 amide bonds. The van der Waals surface area contributed by atoms with Crippen LogP contribution < -0.4 is 15.0 Å². The third-order valence-corrected chi connectivity index (χ3v) is 4.83. The molecule has 0 atom stereocenters. The molecule has 1 N–H and O–H groups in total. The highest BCUT2D eigenvalue weighted by atomic mass is 16.6. The number of fused-ring (bicyclic) bond motifs is 2. The van der Waals surface area contributed by atoms with Crippen molar-refractivity contribution in [1.29, 1.82) is 0 Å². The molecule has 0 saturated carbocycles. The van der Waals surface area contributed by atoms with Crippen LogP contribution in [0.15, 0.2) is 60.7 Å². The minimum atomic E-state index is -0.477. The van der Waals surface area contributed by atoms with E-state index in [0.717, 1.165) is 28.2 Å². The normalized spacial score (nSPS) is 12.5. The van der Waals surface area contributed by atoms with Gasteiger partial charge in [0.1, 0.15) is 0 Å². The zero-order chi connectivity index (χ0) is 19.8. The Labute approximate surface area is 161 Å². The van der Waals surface area contributed by atoms with E-state index < -0.39 is 4.92 Å². The highest BCUT2D eigenvalue weighted by Crippen LogP contribution is 2.39. The van der Waals surface area contributed by atoms with Crippen molar-refractivity contribution in [3.8, 4) is 16.9 Å². The van der Waals surface area contributed by atoms with Crippen molar-refractivity contribution in [2.75, 3.05) is 24.4 Å². The van der Waals surface area contributed by atoms with E-state index in [4.69, 9.17) is 4.74 Å². The van der Waals surface area contributed by atoms with Crippen molar-refractivity contribution in [3.63, 3.8) is 0 Å². The summed E-state index contributed by atoms with van der Waals surface area (Å²) < 4.78 is 5.17. The van der Waals surface area contributed by atoms with Gasteiger partial charge in [0.05, 0.1) is 34.7 Å². The van der Waals surface area contributed by atoms with Crippen LogP contribution in [0.2, 0.25) is 0 Å². The minimum Gasteiger partial charge on any atom is -0.490 e. The molecule has 3 aromatic rings. The second-order valence-corrected chi connectivity index (χ2v) is 6.41. The van der Waals surface area contributed by atoms with Gasteiger partial charge in [-0.3, -0.25) is 14.9 Å². The number of nitrogens with zero attached hydrogens (tertiary/aromatic N) is 2. The predicted molar refractivity (Wildman–Crippen MR) is 108 cm³/mol. The van der Waals surface area contributed by atoms with Gasteiger partial charge in [-0.15, -0.1) is 0 Å². The summed E-state index contributed by atoms with van der Waals surface area (Å²) in [5, 5.41) is 14.1. The second kappa shape index (κ2) is 6.70. The summed E-state index contributed by atoms with van der Waals surface area (Å²) in [7, 11) is 3.30. The number of nitrogens with one attached hydrogen (secondary N) is 1. The number of benzene rings is 3. The third kappa shape index (κ3) is 2.83. The van der Waals surface area contributed by atoms with Crippen LogP contribution in [0.5, 0.6) is 5.75 Å². The number of nitro benzene ring substituents is 1. The number of para-hydroxylation sites is 2. The Morgan fingerprint density at radius 2 is 1.71 bits per heavy atom. The number of nitro groups is 1. The van der Waals surface area contributed by atoms with Crippen LogP contribution in [0.25, 0.3) is 11.1 Å². The number of anilines is 3. The van der Waals surface area contributed by atoms with Gasteiger partial charge < -0.3 is 15.0 Å². The number of carbonyl (C=O) groups excluding carboxylic acids is 1. The molecule has 3 aromatic carbocycles. The van der Waals surface area contributed by atoms with Gasteiger partial charge in [-0.2, -0.15) is 0 Å². The molecule has 7 heteroatoms. The zero-order valence-corrected chi connectivity index (χ0v) is 15.3. The van der Waals surface area contributed by atoms with Gasteiger partial charge in [-0.05, 0) is 47.5 Å². The van der Waals surface area contributed by atoms with Gasteiger partial charge in [0.2, 0.25) is 0 Å². The molecule has 28 heavy (non-hydrogen) atoms. The summed E-state index contributed by atoms with van der Waals surface area (Å²) in [5.41, 5.74) is 4.42. The lowest BCUT2D eigenvalue weighted by atomic mass is 10.0. The van der Waals surface area contributed by atoms with Crippen molar-refractivity contribution >= 4 is 28.7 Å². The molecule has 1 heterocycles. The summed E-state index contributed by atoms with van der Waals surface area (Å²) in [6.07, 6.45) is 0. The zero-order valence-electron chi connectivity index (χ0n) is 15.3. The number of hydrogen-bond acceptors (Lipinski definition) is 5. The van der Waals surface area contributed by atoms with Gasteiger partial charge >= 0.3 is 5.69 Å². The maximum Gasteiger partial charge on any atom is 0.310 e. The summed E-state index contributed by atoms with van der Waals surface area (Å²) in [6, 6.07) is 17.8. The van der Waals surface area contributed by atoms with Gasteiger partial charge in [0, 0.05) is 13.1 Å². The predicted octanol–water partition coefficient (Wildman–Crippen LogP) is 4.60. The van der Waals surface area contributed by atoms with Gasteiger partial charge in [0.15, 0.2) is 5.75 Å². The quantitative estimate of drug-likeness (QED) is 0.534. The minimum absolute atomic E-state index is 0.0913. The van der Waals surface area contributed by atoms with E-state index in [1.807, 2.05) is 48.3 Å². The maximum absolute atomic E-state index is 12.6. The molecule has 7 nitrogen and oxygen atoms in total. The fourth-order valence-corrected chi connectivity index (χ4v) is 3.38. The number of methoxy groups -OCH3 is 1. The van der Waals surface area contributed by atoms with Crippen LogP contribution in [-0.2, 0) is 0 Å². The molecular formula is C21H17N3O4. The van der Waals surface area contributed by atoms with E-state index in [1.54, 1.807) is 18.2 Å². The van der Waals surface area contributed by atoms with Crippen molar-refractivity contribution in [2.24, 2.45) is 0 Å². The van der Waals surface area contributed by atoms with Crippen molar-refractivity contribution < 1.29 is 14.5 Å². The molecule has 1 aliphatic heterocycles. The lowest BCUT2D eigenvalue weighted by Crippen LogP contribution is -2.12. The molecular weight excluding hydrogens is 358 g/mol. The smallest absolute Gasteiger partial charge is 0.310 e. The summed E-state index contributed by atoms with van der Waals surface area (Å²) in [5.74, 6) is 0.00789. The Morgan fingerprint density at radius 3 is 2.46 bits per heavy atom. The van der Waals surface area contributed by atoms with Crippen LogP contribution in [0, 0.1) is 10.1 Å². The van der Waals surface area contributed by atoms with Gasteiger partial charge in [-0.25, -0.2) is 0 Å². The fourth-order valence-electron chi connectivity index (χ4n) is 3.38. The topological polar surface area (TPSA) is 84.7 Å². The van der Waals surface area contributed by atoms with Crippen LogP contribution in [0.1, 0.15) is 10.4 Å². The number of ether oxygens (including phenoxy) is 1. The molecule has 0 fully saturated rings. The Kier molecular flexibility index (Phi) is 4.19. The van der Waals surface area contributed by atoms with Gasteiger partial charge in [-0.1, -0.05) is 18.2 Å². The van der Waals surface area contributed by atoms with E-state index in [1.165, 1.54) is 13.2 Å². The molecule has 1 aliphatic rings. The number of amides is 1. The maximum atomic E-state index is 12.6. The van der Waals surface area contributed by atoms with Crippen LogP contribution in [0.4, 0.5) is 22.7 Å². The van der Waals surface area contributed by atoms with E-state index in [0.29, 0.717) is 5.56 Å². The SMILES string of the molecule is COc1cc(-c2ccc3c(c2)N(C)c2ccccc2NC3=O)ccc1[N+](=O)[O-]. The molecule has 0 aromatic heterocycles. The average Bonchev–Trinajstić information content (AvgIpc) is 2.82. The first kappa shape index (κ1) is 17.5. The summed E-state index contributed by atoms with van der Waals surface area (Å²) in [6.45, 7) is 0. The van der Waals surface area contributed by atoms with Crippen LogP contribution in [0.3, 0.4) is 0 Å². The van der Waals surface area contributed by atoms with Crippen molar-refractivity contribution in [3.05, 3.63) is 76.3 Å². The van der Waals surface area contributed by atoms with E-state index >= 15 is 0 Å². The molecule has 0 aliphatic carbocycles. The highest BCUT2D eigenvalue weighted by Gasteiger charge is 2.23. The summed E-state index contributed by atoms with van der Waals surface area (Å²) >= 11 is 0. The first-order valence-electron chi connectivity index (χ1n) is 8.60. The Bertz CT molecular complexity index is 1110. The second-order valence-electron chi connectivity index (χ2n) is 6.41. The first-order valence-corrected chi connectivity index (χ1v) is 8.60. The number of hydrogen-bond donors (Lipinski definition) is 1. The Balaban J connectivity index is 1.84.